The Balaban J connectivity index is 1.55. The average Bonchev–Trinajstić information content (AvgIpc) is 2.90. The number of hydrogen-bond donors (Lipinski definition) is 0. The molecule has 1 fully saturated rings. The lowest BCUT2D eigenvalue weighted by Gasteiger charge is -2.36. The van der Waals surface area contributed by atoms with Gasteiger partial charge in [-0.1, -0.05) is 31.5 Å². The van der Waals surface area contributed by atoms with Crippen molar-refractivity contribution < 1.29 is 17.9 Å². The first kappa shape index (κ1) is 31.4. The molecule has 1 aliphatic rings. The van der Waals surface area contributed by atoms with Crippen molar-refractivity contribution in [2.45, 2.75) is 58.3 Å². The fourth-order valence-corrected chi connectivity index (χ4v) is 7.33. The number of ether oxygens (including phenoxy) is 1. The highest BCUT2D eigenvalue weighted by atomic mass is 35.5. The molecule has 0 saturated carbocycles. The summed E-state index contributed by atoms with van der Waals surface area (Å²) >= 11 is 6.66. The van der Waals surface area contributed by atoms with Gasteiger partial charge in [-0.05, 0) is 86.7 Å². The molecule has 216 valence electrons. The van der Waals surface area contributed by atoms with Gasteiger partial charge in [-0.3, -0.25) is 4.79 Å². The summed E-state index contributed by atoms with van der Waals surface area (Å²) in [6.45, 7) is 13.4. The van der Waals surface area contributed by atoms with E-state index in [0.717, 1.165) is 62.7 Å². The number of methoxy groups -OCH3 is 1. The number of hydrogen-bond acceptors (Lipinski definition) is 6. The first-order chi connectivity index (χ1) is 18.5. The molecule has 0 atom stereocenters. The molecule has 7 nitrogen and oxygen atoms in total. The lowest BCUT2D eigenvalue weighted by atomic mass is 9.95. The molecular formula is C30H44ClN3O4S. The van der Waals surface area contributed by atoms with Crippen LogP contribution in [0, 0.1) is 19.8 Å². The lowest BCUT2D eigenvalue weighted by Crippen LogP contribution is -2.38. The monoisotopic (exact) mass is 577 g/mol. The third-order valence-electron chi connectivity index (χ3n) is 7.82. The van der Waals surface area contributed by atoms with Gasteiger partial charge in [0.1, 0.15) is 11.5 Å². The van der Waals surface area contributed by atoms with Crippen molar-refractivity contribution in [2.24, 2.45) is 5.92 Å². The van der Waals surface area contributed by atoms with Gasteiger partial charge in [0.15, 0.2) is 0 Å². The van der Waals surface area contributed by atoms with Gasteiger partial charge < -0.3 is 14.5 Å². The topological polar surface area (TPSA) is 70.2 Å². The minimum Gasteiger partial charge on any atom is -0.497 e. The molecular weight excluding hydrogens is 534 g/mol. The van der Waals surface area contributed by atoms with Gasteiger partial charge in [-0.25, -0.2) is 12.7 Å². The molecule has 0 unspecified atom stereocenters. The van der Waals surface area contributed by atoms with Gasteiger partial charge in [0.05, 0.1) is 22.7 Å². The van der Waals surface area contributed by atoms with Crippen LogP contribution in [0.1, 0.15) is 49.8 Å². The predicted octanol–water partition coefficient (Wildman–Crippen LogP) is 5.35. The van der Waals surface area contributed by atoms with Gasteiger partial charge in [0, 0.05) is 46.1 Å². The number of ketones is 1. The second-order valence-corrected chi connectivity index (χ2v) is 13.0. The molecule has 1 saturated heterocycles. The quantitative estimate of drug-likeness (QED) is 0.320. The standard InChI is InChI=1S/C30H44ClN3O4S/c1-7-33(8-2)21-24-11-15-34(16-12-24)29-10-9-25(20-28(29)31)19-26(35)13-14-32(5)39(36,37)30-22(3)17-27(38-6)18-23(30)4/h9-10,17-18,20,24H,7-8,11-16,19,21H2,1-6H3. The Morgan fingerprint density at radius 3 is 2.23 bits per heavy atom. The molecule has 0 amide bonds. The maximum Gasteiger partial charge on any atom is 0.243 e. The van der Waals surface area contributed by atoms with Gasteiger partial charge in [0.2, 0.25) is 10.0 Å². The first-order valence-electron chi connectivity index (χ1n) is 13.9. The molecule has 9 heteroatoms. The predicted molar refractivity (Wildman–Crippen MR) is 160 cm³/mol. The van der Waals surface area contributed by atoms with Crippen LogP contribution in [-0.4, -0.2) is 76.8 Å². The van der Waals surface area contributed by atoms with Crippen molar-refractivity contribution in [3.05, 3.63) is 52.0 Å². The lowest BCUT2D eigenvalue weighted by molar-refractivity contribution is -0.118. The van der Waals surface area contributed by atoms with E-state index in [0.29, 0.717) is 21.9 Å². The van der Waals surface area contributed by atoms with Crippen LogP contribution in [0.5, 0.6) is 5.75 Å². The summed E-state index contributed by atoms with van der Waals surface area (Å²) in [6, 6.07) is 9.27. The van der Waals surface area contributed by atoms with E-state index < -0.39 is 10.0 Å². The average molecular weight is 578 g/mol. The highest BCUT2D eigenvalue weighted by molar-refractivity contribution is 7.89. The van der Waals surface area contributed by atoms with Crippen molar-refractivity contribution >= 4 is 33.1 Å². The summed E-state index contributed by atoms with van der Waals surface area (Å²) in [6.07, 6.45) is 2.65. The van der Waals surface area contributed by atoms with E-state index in [1.807, 2.05) is 18.2 Å². The van der Waals surface area contributed by atoms with E-state index in [2.05, 4.69) is 23.6 Å². The number of anilines is 1. The Labute approximate surface area is 240 Å². The van der Waals surface area contributed by atoms with Crippen LogP contribution in [0.3, 0.4) is 0 Å². The van der Waals surface area contributed by atoms with Crippen molar-refractivity contribution in [1.82, 2.24) is 9.21 Å². The van der Waals surface area contributed by atoms with Crippen LogP contribution in [0.15, 0.2) is 35.2 Å². The smallest absolute Gasteiger partial charge is 0.243 e. The zero-order valence-electron chi connectivity index (χ0n) is 24.3. The summed E-state index contributed by atoms with van der Waals surface area (Å²) in [5.74, 6) is 1.31. The summed E-state index contributed by atoms with van der Waals surface area (Å²) in [5.41, 5.74) is 3.10. The number of aryl methyl sites for hydroxylation is 2. The number of piperidine rings is 1. The summed E-state index contributed by atoms with van der Waals surface area (Å²) < 4.78 is 33.0. The molecule has 1 heterocycles. The van der Waals surface area contributed by atoms with E-state index in [9.17, 15) is 13.2 Å². The number of benzene rings is 2. The Morgan fingerprint density at radius 2 is 1.69 bits per heavy atom. The summed E-state index contributed by atoms with van der Waals surface area (Å²) in [5, 5.41) is 0.660. The molecule has 0 spiro atoms. The van der Waals surface area contributed by atoms with Crippen molar-refractivity contribution in [2.75, 3.05) is 58.3 Å². The molecule has 0 N–H and O–H groups in total. The van der Waals surface area contributed by atoms with Crippen LogP contribution >= 0.6 is 11.6 Å². The van der Waals surface area contributed by atoms with Crippen molar-refractivity contribution in [3.63, 3.8) is 0 Å². The second kappa shape index (κ2) is 14.0. The number of nitrogens with zero attached hydrogens (tertiary/aromatic N) is 3. The van der Waals surface area contributed by atoms with Gasteiger partial charge >= 0.3 is 0 Å². The Kier molecular flexibility index (Phi) is 11.2. The van der Waals surface area contributed by atoms with Gasteiger partial charge in [0.25, 0.3) is 0 Å². The van der Waals surface area contributed by atoms with E-state index in [1.165, 1.54) is 11.4 Å². The van der Waals surface area contributed by atoms with E-state index in [4.69, 9.17) is 16.3 Å². The molecule has 39 heavy (non-hydrogen) atoms. The second-order valence-electron chi connectivity index (χ2n) is 10.6. The highest BCUT2D eigenvalue weighted by Crippen LogP contribution is 2.31. The normalized spacial score (nSPS) is 14.8. The minimum atomic E-state index is -3.74. The first-order valence-corrected chi connectivity index (χ1v) is 15.7. The molecule has 0 aliphatic carbocycles. The Morgan fingerprint density at radius 1 is 1.08 bits per heavy atom. The highest BCUT2D eigenvalue weighted by Gasteiger charge is 2.26. The number of carbonyl (C=O) groups excluding carboxylic acids is 1. The number of sulfonamides is 1. The van der Waals surface area contributed by atoms with Crippen LogP contribution in [-0.2, 0) is 21.2 Å². The number of carbonyl (C=O) groups is 1. The zero-order chi connectivity index (χ0) is 28.7. The Bertz CT molecular complexity index is 1220. The molecule has 0 radical (unpaired) electrons. The maximum absolute atomic E-state index is 13.2. The van der Waals surface area contributed by atoms with Crippen LogP contribution in [0.25, 0.3) is 0 Å². The van der Waals surface area contributed by atoms with E-state index in [-0.39, 0.29) is 30.1 Å². The summed E-state index contributed by atoms with van der Waals surface area (Å²) in [4.78, 5) is 17.9. The molecule has 0 aromatic heterocycles. The molecule has 2 aromatic carbocycles. The zero-order valence-corrected chi connectivity index (χ0v) is 25.9. The van der Waals surface area contributed by atoms with Gasteiger partial charge in [-0.2, -0.15) is 0 Å². The van der Waals surface area contributed by atoms with Crippen LogP contribution in [0.4, 0.5) is 5.69 Å². The molecule has 0 bridgehead atoms. The summed E-state index contributed by atoms with van der Waals surface area (Å²) in [7, 11) is -0.666. The molecule has 2 aromatic rings. The van der Waals surface area contributed by atoms with Crippen LogP contribution in [0.2, 0.25) is 5.02 Å². The Hall–Kier alpha value is -2.13. The molecule has 3 rings (SSSR count). The van der Waals surface area contributed by atoms with E-state index in [1.54, 1.807) is 33.1 Å². The third kappa shape index (κ3) is 7.97. The maximum atomic E-state index is 13.2. The van der Waals surface area contributed by atoms with Gasteiger partial charge in [-0.15, -0.1) is 0 Å². The fourth-order valence-electron chi connectivity index (χ4n) is 5.43. The SMILES string of the molecule is CCN(CC)CC1CCN(c2ccc(CC(=O)CCN(C)S(=O)(=O)c3c(C)cc(OC)cc3C)cc2Cl)CC1. The largest absolute Gasteiger partial charge is 0.497 e. The van der Waals surface area contributed by atoms with Crippen LogP contribution < -0.4 is 9.64 Å². The number of rotatable bonds is 13. The molecule has 1 aliphatic heterocycles. The van der Waals surface area contributed by atoms with E-state index >= 15 is 0 Å². The number of Topliss-reactive ketones (excluding diaryl/α,β-unsaturated/α-hetero) is 1. The van der Waals surface area contributed by atoms with Crippen molar-refractivity contribution in [3.8, 4) is 5.75 Å². The number of halogens is 1. The minimum absolute atomic E-state index is 0.0266. The third-order valence-corrected chi connectivity index (χ3v) is 10.3. The van der Waals surface area contributed by atoms with Crippen molar-refractivity contribution in [1.29, 1.82) is 0 Å². The fraction of sp³-hybridized carbons (Fsp3) is 0.567.